The van der Waals surface area contributed by atoms with Gasteiger partial charge in [0.1, 0.15) is 5.75 Å². The number of aliphatic hydroxyl groups is 2. The molecule has 5 nitrogen and oxygen atoms in total. The maximum absolute atomic E-state index is 10.4. The lowest BCUT2D eigenvalue weighted by Gasteiger charge is -2.28. The van der Waals surface area contributed by atoms with E-state index in [1.807, 2.05) is 30.3 Å². The molecule has 2 N–H and O–H groups in total. The van der Waals surface area contributed by atoms with Crippen molar-refractivity contribution in [3.63, 3.8) is 0 Å². The van der Waals surface area contributed by atoms with E-state index in [9.17, 15) is 10.2 Å². The number of methoxy groups -OCH3 is 1. The van der Waals surface area contributed by atoms with E-state index >= 15 is 0 Å². The maximum atomic E-state index is 10.4. The number of rotatable bonds is 16. The summed E-state index contributed by atoms with van der Waals surface area (Å²) in [6.07, 6.45) is 12.6. The van der Waals surface area contributed by atoms with Gasteiger partial charge in [-0.3, -0.25) is 0 Å². The monoisotopic (exact) mass is 434 g/mol. The molecule has 1 heterocycles. The summed E-state index contributed by atoms with van der Waals surface area (Å²) in [6, 6.07) is 7.89. The van der Waals surface area contributed by atoms with Crippen LogP contribution in [0, 0.1) is 0 Å². The van der Waals surface area contributed by atoms with Crippen molar-refractivity contribution in [2.24, 2.45) is 0 Å². The molecule has 4 atom stereocenters. The third-order valence-corrected chi connectivity index (χ3v) is 5.82. The van der Waals surface area contributed by atoms with Gasteiger partial charge in [-0.05, 0) is 43.4 Å². The molecule has 0 aromatic heterocycles. The lowest BCUT2D eigenvalue weighted by Crippen LogP contribution is -2.30. The molecular weight excluding hydrogens is 392 g/mol. The van der Waals surface area contributed by atoms with Crippen LogP contribution in [0.2, 0.25) is 0 Å². The third kappa shape index (κ3) is 11.2. The minimum absolute atomic E-state index is 0.0907. The highest BCUT2D eigenvalue weighted by Gasteiger charge is 2.22. The first-order valence-electron chi connectivity index (χ1n) is 12.0. The lowest BCUT2D eigenvalue weighted by molar-refractivity contribution is -0.0401. The van der Waals surface area contributed by atoms with E-state index in [1.165, 1.54) is 19.3 Å². The minimum Gasteiger partial charge on any atom is -0.497 e. The normalized spacial score (nSPS) is 20.5. The fourth-order valence-electron chi connectivity index (χ4n) is 3.96. The topological polar surface area (TPSA) is 68.2 Å². The second kappa shape index (κ2) is 15.4. The smallest absolute Gasteiger partial charge is 0.118 e. The SMILES string of the molecule is CCCCCCC[C@@H](O)C[C@@H](O)C[C@@H]1C=CC[C@@H](CCOCc2ccc(OC)cc2)O1. The van der Waals surface area contributed by atoms with Gasteiger partial charge in [-0.15, -0.1) is 0 Å². The summed E-state index contributed by atoms with van der Waals surface area (Å²) in [4.78, 5) is 0. The molecule has 0 bridgehead atoms. The van der Waals surface area contributed by atoms with Crippen molar-refractivity contribution >= 4 is 0 Å². The van der Waals surface area contributed by atoms with Gasteiger partial charge in [-0.25, -0.2) is 0 Å². The first-order valence-corrected chi connectivity index (χ1v) is 12.0. The van der Waals surface area contributed by atoms with Crippen molar-refractivity contribution in [3.8, 4) is 5.75 Å². The van der Waals surface area contributed by atoms with Crippen LogP contribution >= 0.6 is 0 Å². The maximum Gasteiger partial charge on any atom is 0.118 e. The molecular formula is C26H42O5. The van der Waals surface area contributed by atoms with Crippen LogP contribution in [-0.4, -0.2) is 48.3 Å². The van der Waals surface area contributed by atoms with Gasteiger partial charge in [-0.1, -0.05) is 63.3 Å². The molecule has 1 aliphatic rings. The minimum atomic E-state index is -0.537. The highest BCUT2D eigenvalue weighted by molar-refractivity contribution is 5.26. The first-order chi connectivity index (χ1) is 15.1. The Morgan fingerprint density at radius 3 is 2.58 bits per heavy atom. The molecule has 0 unspecified atom stereocenters. The Hall–Kier alpha value is -1.40. The molecule has 0 saturated heterocycles. The van der Waals surface area contributed by atoms with Crippen molar-refractivity contribution in [2.75, 3.05) is 13.7 Å². The fourth-order valence-corrected chi connectivity index (χ4v) is 3.96. The van der Waals surface area contributed by atoms with Gasteiger partial charge in [0.2, 0.25) is 0 Å². The Kier molecular flexibility index (Phi) is 12.9. The standard InChI is InChI=1S/C26H42O5/c1-3-4-5-6-7-9-22(27)18-23(28)19-26-11-8-10-25(31-26)16-17-30-20-21-12-14-24(29-2)15-13-21/h8,11-15,22-23,25-28H,3-7,9-10,16-20H2,1-2H3/t22-,23-,25+,26+/m1/s1. The molecule has 0 fully saturated rings. The average Bonchev–Trinajstić information content (AvgIpc) is 2.77. The van der Waals surface area contributed by atoms with E-state index in [1.54, 1.807) is 7.11 Å². The highest BCUT2D eigenvalue weighted by Crippen LogP contribution is 2.21. The quantitative estimate of drug-likeness (QED) is 0.277. The number of hydrogen-bond acceptors (Lipinski definition) is 5. The number of unbranched alkanes of at least 4 members (excludes halogenated alkanes) is 4. The molecule has 1 aliphatic heterocycles. The summed E-state index contributed by atoms with van der Waals surface area (Å²) >= 11 is 0. The van der Waals surface area contributed by atoms with Gasteiger partial charge >= 0.3 is 0 Å². The van der Waals surface area contributed by atoms with E-state index in [0.29, 0.717) is 26.1 Å². The van der Waals surface area contributed by atoms with Crippen LogP contribution in [0.15, 0.2) is 36.4 Å². The second-order valence-corrected chi connectivity index (χ2v) is 8.63. The van der Waals surface area contributed by atoms with Crippen molar-refractivity contribution in [1.82, 2.24) is 0 Å². The lowest BCUT2D eigenvalue weighted by atomic mass is 9.99. The summed E-state index contributed by atoms with van der Waals surface area (Å²) in [5, 5.41) is 20.6. The van der Waals surface area contributed by atoms with Gasteiger partial charge in [-0.2, -0.15) is 0 Å². The first kappa shape index (κ1) is 25.9. The van der Waals surface area contributed by atoms with Crippen molar-refractivity contribution in [3.05, 3.63) is 42.0 Å². The predicted molar refractivity (Wildman–Crippen MR) is 124 cm³/mol. The summed E-state index contributed by atoms with van der Waals surface area (Å²) in [6.45, 7) is 3.41. The van der Waals surface area contributed by atoms with Crippen LogP contribution in [0.1, 0.15) is 76.7 Å². The Bertz CT molecular complexity index is 600. The molecule has 0 saturated carbocycles. The van der Waals surface area contributed by atoms with Crippen LogP contribution in [0.4, 0.5) is 0 Å². The molecule has 1 aromatic rings. The van der Waals surface area contributed by atoms with Crippen LogP contribution < -0.4 is 4.74 Å². The zero-order chi connectivity index (χ0) is 22.3. The van der Waals surface area contributed by atoms with Gasteiger partial charge < -0.3 is 24.4 Å². The van der Waals surface area contributed by atoms with Crippen LogP contribution in [0.3, 0.4) is 0 Å². The number of aliphatic hydroxyl groups excluding tert-OH is 2. The predicted octanol–water partition coefficient (Wildman–Crippen LogP) is 5.18. The Morgan fingerprint density at radius 2 is 1.84 bits per heavy atom. The molecule has 0 spiro atoms. The summed E-state index contributed by atoms with van der Waals surface area (Å²) in [7, 11) is 1.66. The molecule has 2 rings (SSSR count). The number of benzene rings is 1. The summed E-state index contributed by atoms with van der Waals surface area (Å²) in [5.74, 6) is 0.846. The van der Waals surface area contributed by atoms with Gasteiger partial charge in [0.25, 0.3) is 0 Å². The molecule has 5 heteroatoms. The Morgan fingerprint density at radius 1 is 1.06 bits per heavy atom. The van der Waals surface area contributed by atoms with Crippen molar-refractivity contribution in [1.29, 1.82) is 0 Å². The number of ether oxygens (including phenoxy) is 3. The fraction of sp³-hybridized carbons (Fsp3) is 0.692. The Labute approximate surface area is 188 Å². The summed E-state index contributed by atoms with van der Waals surface area (Å²) in [5.41, 5.74) is 1.12. The van der Waals surface area contributed by atoms with E-state index < -0.39 is 12.2 Å². The highest BCUT2D eigenvalue weighted by atomic mass is 16.5. The van der Waals surface area contributed by atoms with Crippen LogP contribution in [0.5, 0.6) is 5.75 Å². The largest absolute Gasteiger partial charge is 0.497 e. The molecule has 0 radical (unpaired) electrons. The van der Waals surface area contributed by atoms with Gasteiger partial charge in [0.05, 0.1) is 38.1 Å². The van der Waals surface area contributed by atoms with Crippen LogP contribution in [-0.2, 0) is 16.1 Å². The molecule has 1 aromatic carbocycles. The average molecular weight is 435 g/mol. The van der Waals surface area contributed by atoms with Gasteiger partial charge in [0, 0.05) is 13.0 Å². The summed E-state index contributed by atoms with van der Waals surface area (Å²) < 4.78 is 17.1. The second-order valence-electron chi connectivity index (χ2n) is 8.63. The third-order valence-electron chi connectivity index (χ3n) is 5.82. The zero-order valence-corrected chi connectivity index (χ0v) is 19.4. The van der Waals surface area contributed by atoms with E-state index in [2.05, 4.69) is 13.0 Å². The molecule has 176 valence electrons. The van der Waals surface area contributed by atoms with E-state index in [-0.39, 0.29) is 12.2 Å². The van der Waals surface area contributed by atoms with Gasteiger partial charge in [0.15, 0.2) is 0 Å². The molecule has 0 aliphatic carbocycles. The van der Waals surface area contributed by atoms with Crippen molar-refractivity contribution < 1.29 is 24.4 Å². The number of hydrogen-bond donors (Lipinski definition) is 2. The zero-order valence-electron chi connectivity index (χ0n) is 19.4. The van der Waals surface area contributed by atoms with E-state index in [4.69, 9.17) is 14.2 Å². The van der Waals surface area contributed by atoms with Crippen molar-refractivity contribution in [2.45, 2.75) is 102 Å². The van der Waals surface area contributed by atoms with Crippen LogP contribution in [0.25, 0.3) is 0 Å². The molecule has 31 heavy (non-hydrogen) atoms. The van der Waals surface area contributed by atoms with E-state index in [0.717, 1.165) is 43.4 Å². The molecule has 0 amide bonds. The Balaban J connectivity index is 1.58.